The van der Waals surface area contributed by atoms with Crippen LogP contribution in [-0.4, -0.2) is 14.8 Å². The van der Waals surface area contributed by atoms with Crippen molar-refractivity contribution >= 4 is 11.6 Å². The highest BCUT2D eigenvalue weighted by Gasteiger charge is 2.10. The quantitative estimate of drug-likeness (QED) is 0.785. The Kier molecular flexibility index (Phi) is 3.74. The normalized spacial score (nSPS) is 10.8. The van der Waals surface area contributed by atoms with Gasteiger partial charge in [-0.2, -0.15) is 0 Å². The molecule has 0 aliphatic rings. The van der Waals surface area contributed by atoms with Gasteiger partial charge in [0.05, 0.1) is 5.88 Å². The molecule has 0 aliphatic carbocycles. The first-order valence-corrected chi connectivity index (χ1v) is 5.99. The van der Waals surface area contributed by atoms with Crippen LogP contribution in [0.1, 0.15) is 24.1 Å². The number of aromatic nitrogens is 3. The molecule has 0 saturated carbocycles. The molecule has 0 N–H and O–H groups in total. The summed E-state index contributed by atoms with van der Waals surface area (Å²) in [6.07, 6.45) is 0.565. The summed E-state index contributed by atoms with van der Waals surface area (Å²) in [4.78, 5) is 0. The van der Waals surface area contributed by atoms with Crippen LogP contribution in [-0.2, 0) is 18.8 Å². The molecule has 0 fully saturated rings. The van der Waals surface area contributed by atoms with E-state index in [1.165, 1.54) is 12.1 Å². The van der Waals surface area contributed by atoms with E-state index in [4.69, 9.17) is 11.6 Å². The van der Waals surface area contributed by atoms with Gasteiger partial charge >= 0.3 is 0 Å². The molecule has 2 rings (SSSR count). The van der Waals surface area contributed by atoms with E-state index in [2.05, 4.69) is 10.2 Å². The lowest BCUT2D eigenvalue weighted by atomic mass is 10.1. The number of benzene rings is 1. The molecular formula is C12H13ClFN3. The van der Waals surface area contributed by atoms with E-state index in [0.717, 1.165) is 23.8 Å². The highest BCUT2D eigenvalue weighted by Crippen LogP contribution is 2.12. The SMILES string of the molecule is CCn1c(CCl)nnc1Cc1cccc(F)c1. The van der Waals surface area contributed by atoms with Crippen LogP contribution in [0.5, 0.6) is 0 Å². The lowest BCUT2D eigenvalue weighted by Crippen LogP contribution is -2.05. The molecule has 1 aromatic heterocycles. The van der Waals surface area contributed by atoms with Gasteiger partial charge in [-0.25, -0.2) is 4.39 Å². The Morgan fingerprint density at radius 2 is 2.06 bits per heavy atom. The minimum absolute atomic E-state index is 0.234. The van der Waals surface area contributed by atoms with Crippen LogP contribution in [0.2, 0.25) is 0 Å². The topological polar surface area (TPSA) is 30.7 Å². The minimum atomic E-state index is -0.234. The van der Waals surface area contributed by atoms with E-state index in [1.54, 1.807) is 6.07 Å². The molecule has 0 radical (unpaired) electrons. The maximum absolute atomic E-state index is 13.1. The van der Waals surface area contributed by atoms with Crippen LogP contribution in [0, 0.1) is 5.82 Å². The van der Waals surface area contributed by atoms with Crippen molar-refractivity contribution in [2.24, 2.45) is 0 Å². The first kappa shape index (κ1) is 12.0. The molecule has 1 heterocycles. The third kappa shape index (κ3) is 2.64. The molecule has 17 heavy (non-hydrogen) atoms. The number of alkyl halides is 1. The van der Waals surface area contributed by atoms with E-state index in [9.17, 15) is 4.39 Å². The largest absolute Gasteiger partial charge is 0.314 e. The molecule has 5 heteroatoms. The summed E-state index contributed by atoms with van der Waals surface area (Å²) in [5.41, 5.74) is 0.883. The lowest BCUT2D eigenvalue weighted by Gasteiger charge is -2.05. The van der Waals surface area contributed by atoms with Crippen molar-refractivity contribution in [3.05, 3.63) is 47.3 Å². The van der Waals surface area contributed by atoms with Gasteiger partial charge in [-0.15, -0.1) is 21.8 Å². The van der Waals surface area contributed by atoms with Gasteiger partial charge in [0.1, 0.15) is 17.5 Å². The summed E-state index contributed by atoms with van der Waals surface area (Å²) < 4.78 is 15.0. The third-order valence-corrected chi connectivity index (χ3v) is 2.83. The molecule has 3 nitrogen and oxygen atoms in total. The van der Waals surface area contributed by atoms with E-state index in [0.29, 0.717) is 12.3 Å². The predicted molar refractivity (Wildman–Crippen MR) is 64.5 cm³/mol. The van der Waals surface area contributed by atoms with Crippen LogP contribution in [0.3, 0.4) is 0 Å². The molecular weight excluding hydrogens is 241 g/mol. The molecule has 0 saturated heterocycles. The lowest BCUT2D eigenvalue weighted by molar-refractivity contribution is 0.624. The van der Waals surface area contributed by atoms with E-state index >= 15 is 0 Å². The molecule has 0 bridgehead atoms. The van der Waals surface area contributed by atoms with Crippen LogP contribution in [0.25, 0.3) is 0 Å². The van der Waals surface area contributed by atoms with Gasteiger partial charge < -0.3 is 4.57 Å². The number of hydrogen-bond acceptors (Lipinski definition) is 2. The van der Waals surface area contributed by atoms with Gasteiger partial charge in [0.15, 0.2) is 0 Å². The number of hydrogen-bond donors (Lipinski definition) is 0. The van der Waals surface area contributed by atoms with Crippen molar-refractivity contribution in [1.29, 1.82) is 0 Å². The van der Waals surface area contributed by atoms with Gasteiger partial charge in [-0.1, -0.05) is 12.1 Å². The molecule has 1 aromatic carbocycles. The number of nitrogens with zero attached hydrogens (tertiary/aromatic N) is 3. The summed E-state index contributed by atoms with van der Waals surface area (Å²) in [6, 6.07) is 6.51. The van der Waals surface area contributed by atoms with Crippen molar-refractivity contribution in [1.82, 2.24) is 14.8 Å². The van der Waals surface area contributed by atoms with Gasteiger partial charge in [-0.3, -0.25) is 0 Å². The average molecular weight is 254 g/mol. The fraction of sp³-hybridized carbons (Fsp3) is 0.333. The fourth-order valence-electron chi connectivity index (χ4n) is 1.80. The second kappa shape index (κ2) is 5.27. The molecule has 0 aliphatic heterocycles. The zero-order valence-electron chi connectivity index (χ0n) is 9.53. The van der Waals surface area contributed by atoms with Crippen molar-refractivity contribution < 1.29 is 4.39 Å². The van der Waals surface area contributed by atoms with E-state index in [-0.39, 0.29) is 5.82 Å². The Balaban J connectivity index is 2.27. The molecule has 90 valence electrons. The summed E-state index contributed by atoms with van der Waals surface area (Å²) >= 11 is 5.77. The zero-order valence-corrected chi connectivity index (χ0v) is 10.3. The van der Waals surface area contributed by atoms with Crippen molar-refractivity contribution in [3.8, 4) is 0 Å². The maximum Gasteiger partial charge on any atom is 0.147 e. The summed E-state index contributed by atoms with van der Waals surface area (Å²) in [6.45, 7) is 2.77. The van der Waals surface area contributed by atoms with Crippen molar-refractivity contribution in [2.75, 3.05) is 0 Å². The van der Waals surface area contributed by atoms with Gasteiger partial charge in [0, 0.05) is 13.0 Å². The highest BCUT2D eigenvalue weighted by atomic mass is 35.5. The predicted octanol–water partition coefficient (Wildman–Crippen LogP) is 2.77. The Morgan fingerprint density at radius 3 is 2.71 bits per heavy atom. The van der Waals surface area contributed by atoms with Crippen molar-refractivity contribution in [3.63, 3.8) is 0 Å². The van der Waals surface area contributed by atoms with E-state index in [1.807, 2.05) is 17.6 Å². The minimum Gasteiger partial charge on any atom is -0.314 e. The Bertz CT molecular complexity index is 510. The Labute approximate surface area is 104 Å². The second-order valence-electron chi connectivity index (χ2n) is 3.72. The smallest absolute Gasteiger partial charge is 0.147 e. The molecule has 2 aromatic rings. The Morgan fingerprint density at radius 1 is 1.29 bits per heavy atom. The summed E-state index contributed by atoms with van der Waals surface area (Å²) in [7, 11) is 0. The van der Waals surface area contributed by atoms with Crippen LogP contribution >= 0.6 is 11.6 Å². The zero-order chi connectivity index (χ0) is 12.3. The first-order chi connectivity index (χ1) is 8.24. The van der Waals surface area contributed by atoms with Crippen molar-refractivity contribution in [2.45, 2.75) is 25.8 Å². The standard InChI is InChI=1S/C12H13ClFN3/c1-2-17-11(15-16-12(17)8-13)7-9-4-3-5-10(14)6-9/h3-6H,2,7-8H2,1H3. The number of halogens is 2. The van der Waals surface area contributed by atoms with Crippen LogP contribution in [0.4, 0.5) is 4.39 Å². The number of rotatable bonds is 4. The summed E-state index contributed by atoms with van der Waals surface area (Å²) in [5.74, 6) is 1.67. The molecule has 0 unspecified atom stereocenters. The fourth-order valence-corrected chi connectivity index (χ4v) is 1.99. The van der Waals surface area contributed by atoms with Gasteiger partial charge in [-0.05, 0) is 24.6 Å². The Hall–Kier alpha value is -1.42. The van der Waals surface area contributed by atoms with Crippen LogP contribution < -0.4 is 0 Å². The highest BCUT2D eigenvalue weighted by molar-refractivity contribution is 6.16. The third-order valence-electron chi connectivity index (χ3n) is 2.59. The first-order valence-electron chi connectivity index (χ1n) is 5.46. The van der Waals surface area contributed by atoms with E-state index < -0.39 is 0 Å². The van der Waals surface area contributed by atoms with Gasteiger partial charge in [0.25, 0.3) is 0 Å². The second-order valence-corrected chi connectivity index (χ2v) is 3.98. The van der Waals surface area contributed by atoms with Gasteiger partial charge in [0.2, 0.25) is 0 Å². The monoisotopic (exact) mass is 253 g/mol. The summed E-state index contributed by atoms with van der Waals surface area (Å²) in [5, 5.41) is 8.10. The molecule has 0 amide bonds. The average Bonchev–Trinajstić information content (AvgIpc) is 2.71. The maximum atomic E-state index is 13.1. The van der Waals surface area contributed by atoms with Crippen LogP contribution in [0.15, 0.2) is 24.3 Å². The molecule has 0 atom stereocenters. The molecule has 0 spiro atoms.